The van der Waals surface area contributed by atoms with E-state index in [1.807, 2.05) is 0 Å². The molecule has 2 heterocycles. The van der Waals surface area contributed by atoms with Crippen LogP contribution in [0.3, 0.4) is 0 Å². The average molecular weight is 396 g/mol. The molecule has 1 unspecified atom stereocenters. The van der Waals surface area contributed by atoms with Crippen molar-refractivity contribution in [2.45, 2.75) is 26.2 Å². The summed E-state index contributed by atoms with van der Waals surface area (Å²) in [6.45, 7) is 6.71. The van der Waals surface area contributed by atoms with Crippen LogP contribution in [0.25, 0.3) is 0 Å². The third-order valence-corrected chi connectivity index (χ3v) is 5.41. The van der Waals surface area contributed by atoms with Crippen molar-refractivity contribution in [1.29, 1.82) is 0 Å². The fourth-order valence-corrected chi connectivity index (χ4v) is 3.73. The predicted molar refractivity (Wildman–Crippen MR) is 108 cm³/mol. The second-order valence-electron chi connectivity index (χ2n) is 7.30. The van der Waals surface area contributed by atoms with Gasteiger partial charge in [-0.25, -0.2) is 0 Å². The van der Waals surface area contributed by atoms with Gasteiger partial charge in [0.1, 0.15) is 0 Å². The first kappa shape index (κ1) is 21.7. The van der Waals surface area contributed by atoms with Gasteiger partial charge in [-0.3, -0.25) is 9.59 Å². The molecule has 6 nitrogen and oxygen atoms in total. The molecule has 0 bridgehead atoms. The van der Waals surface area contributed by atoms with E-state index in [-0.39, 0.29) is 24.2 Å². The van der Waals surface area contributed by atoms with E-state index >= 15 is 0 Å². The maximum atomic E-state index is 12.4. The van der Waals surface area contributed by atoms with Gasteiger partial charge in [0, 0.05) is 30.8 Å². The zero-order valence-corrected chi connectivity index (χ0v) is 16.7. The standard InChI is InChI=1S/C20H29N3O3.ClH/c1-15(16-6-8-21-9-7-16)14-19(24)22-18-4-2-17(3-5-18)20(25)23-10-12-26-13-11-23;/h2-5,15-16,21H,6-14H2,1H3,(H,22,24);1H. The van der Waals surface area contributed by atoms with Crippen molar-refractivity contribution in [2.24, 2.45) is 11.8 Å². The van der Waals surface area contributed by atoms with Crippen molar-refractivity contribution in [3.63, 3.8) is 0 Å². The molecule has 0 spiro atoms. The molecule has 0 radical (unpaired) electrons. The number of ether oxygens (including phenoxy) is 1. The number of amides is 2. The molecule has 2 aliphatic heterocycles. The minimum Gasteiger partial charge on any atom is -0.378 e. The number of nitrogens with zero attached hydrogens (tertiary/aromatic N) is 1. The number of benzene rings is 1. The van der Waals surface area contributed by atoms with Crippen molar-refractivity contribution >= 4 is 29.9 Å². The van der Waals surface area contributed by atoms with Gasteiger partial charge in [-0.1, -0.05) is 6.92 Å². The Morgan fingerprint density at radius 2 is 1.81 bits per heavy atom. The molecule has 0 aromatic heterocycles. The van der Waals surface area contributed by atoms with Gasteiger partial charge in [0.2, 0.25) is 5.91 Å². The van der Waals surface area contributed by atoms with Crippen molar-refractivity contribution in [2.75, 3.05) is 44.7 Å². The van der Waals surface area contributed by atoms with Gasteiger partial charge in [0.25, 0.3) is 5.91 Å². The molecule has 7 heteroatoms. The van der Waals surface area contributed by atoms with Crippen molar-refractivity contribution in [1.82, 2.24) is 10.2 Å². The molecule has 1 aromatic rings. The fraction of sp³-hybridized carbons (Fsp3) is 0.600. The number of nitrogens with one attached hydrogen (secondary N) is 2. The molecule has 2 aliphatic rings. The number of hydrogen-bond acceptors (Lipinski definition) is 4. The smallest absolute Gasteiger partial charge is 0.254 e. The quantitative estimate of drug-likeness (QED) is 0.803. The van der Waals surface area contributed by atoms with Crippen molar-refractivity contribution in [3.05, 3.63) is 29.8 Å². The number of halogens is 1. The Kier molecular flexibility index (Phi) is 8.54. The third kappa shape index (κ3) is 6.19. The Bertz CT molecular complexity index is 611. The van der Waals surface area contributed by atoms with Crippen LogP contribution in [0.15, 0.2) is 24.3 Å². The summed E-state index contributed by atoms with van der Waals surface area (Å²) in [4.78, 5) is 26.6. The van der Waals surface area contributed by atoms with Crippen LogP contribution in [-0.2, 0) is 9.53 Å². The van der Waals surface area contributed by atoms with Crippen LogP contribution in [0.4, 0.5) is 5.69 Å². The number of anilines is 1. The van der Waals surface area contributed by atoms with Gasteiger partial charge < -0.3 is 20.3 Å². The van der Waals surface area contributed by atoms with E-state index in [0.29, 0.717) is 50.1 Å². The van der Waals surface area contributed by atoms with Crippen LogP contribution in [0.5, 0.6) is 0 Å². The molecule has 0 saturated carbocycles. The zero-order valence-electron chi connectivity index (χ0n) is 15.9. The normalized spacial score (nSPS) is 19.1. The van der Waals surface area contributed by atoms with Gasteiger partial charge in [-0.15, -0.1) is 12.4 Å². The van der Waals surface area contributed by atoms with Gasteiger partial charge in [0.15, 0.2) is 0 Å². The highest BCUT2D eigenvalue weighted by Crippen LogP contribution is 2.24. The van der Waals surface area contributed by atoms with Crippen LogP contribution in [-0.4, -0.2) is 56.1 Å². The molecule has 0 aliphatic carbocycles. The maximum absolute atomic E-state index is 12.4. The number of carbonyl (C=O) groups excluding carboxylic acids is 2. The summed E-state index contributed by atoms with van der Waals surface area (Å²) in [5.74, 6) is 1.07. The first-order chi connectivity index (χ1) is 12.6. The molecule has 2 saturated heterocycles. The van der Waals surface area contributed by atoms with Crippen LogP contribution in [0.2, 0.25) is 0 Å². The topological polar surface area (TPSA) is 70.7 Å². The van der Waals surface area contributed by atoms with Crippen LogP contribution >= 0.6 is 12.4 Å². The van der Waals surface area contributed by atoms with Gasteiger partial charge in [0.05, 0.1) is 13.2 Å². The third-order valence-electron chi connectivity index (χ3n) is 5.41. The second kappa shape index (κ2) is 10.6. The largest absolute Gasteiger partial charge is 0.378 e. The van der Waals surface area contributed by atoms with Gasteiger partial charge >= 0.3 is 0 Å². The molecule has 1 atom stereocenters. The first-order valence-electron chi connectivity index (χ1n) is 9.61. The number of rotatable bonds is 5. The fourth-order valence-electron chi connectivity index (χ4n) is 3.73. The minimum atomic E-state index is 0. The van der Waals surface area contributed by atoms with E-state index < -0.39 is 0 Å². The van der Waals surface area contributed by atoms with Crippen molar-refractivity contribution < 1.29 is 14.3 Å². The van der Waals surface area contributed by atoms with Crippen molar-refractivity contribution in [3.8, 4) is 0 Å². The summed E-state index contributed by atoms with van der Waals surface area (Å²) in [6.07, 6.45) is 2.83. The summed E-state index contributed by atoms with van der Waals surface area (Å²) in [7, 11) is 0. The molecular formula is C20H30ClN3O3. The monoisotopic (exact) mass is 395 g/mol. The Hall–Kier alpha value is -1.63. The molecule has 2 amide bonds. The van der Waals surface area contributed by atoms with E-state index in [0.717, 1.165) is 31.6 Å². The SMILES string of the molecule is CC(CC(=O)Nc1ccc(C(=O)N2CCOCC2)cc1)C1CCNCC1.Cl. The Morgan fingerprint density at radius 1 is 1.19 bits per heavy atom. The zero-order chi connectivity index (χ0) is 18.4. The average Bonchev–Trinajstić information content (AvgIpc) is 2.69. The molecule has 3 rings (SSSR count). The molecule has 150 valence electrons. The summed E-state index contributed by atoms with van der Waals surface area (Å²) >= 11 is 0. The Labute approximate surface area is 167 Å². The summed E-state index contributed by atoms with van der Waals surface area (Å²) in [6, 6.07) is 7.18. The summed E-state index contributed by atoms with van der Waals surface area (Å²) in [5.41, 5.74) is 1.39. The number of carbonyl (C=O) groups is 2. The van der Waals surface area contributed by atoms with Crippen LogP contribution in [0.1, 0.15) is 36.5 Å². The lowest BCUT2D eigenvalue weighted by atomic mass is 9.84. The number of morpholine rings is 1. The van der Waals surface area contributed by atoms with E-state index in [4.69, 9.17) is 4.74 Å². The van der Waals surface area contributed by atoms with Crippen LogP contribution in [0, 0.1) is 11.8 Å². The summed E-state index contributed by atoms with van der Waals surface area (Å²) < 4.78 is 5.28. The minimum absolute atomic E-state index is 0. The highest BCUT2D eigenvalue weighted by molar-refractivity contribution is 5.96. The molecule has 27 heavy (non-hydrogen) atoms. The lowest BCUT2D eigenvalue weighted by Gasteiger charge is -2.28. The number of hydrogen-bond donors (Lipinski definition) is 2. The molecular weight excluding hydrogens is 366 g/mol. The van der Waals surface area contributed by atoms with E-state index in [1.54, 1.807) is 29.2 Å². The highest BCUT2D eigenvalue weighted by Gasteiger charge is 2.22. The first-order valence-corrected chi connectivity index (χ1v) is 9.61. The molecule has 2 fully saturated rings. The number of piperidine rings is 1. The van der Waals surface area contributed by atoms with Gasteiger partial charge in [-0.2, -0.15) is 0 Å². The Morgan fingerprint density at radius 3 is 2.44 bits per heavy atom. The Balaban J connectivity index is 0.00000261. The lowest BCUT2D eigenvalue weighted by Crippen LogP contribution is -2.40. The summed E-state index contributed by atoms with van der Waals surface area (Å²) in [5, 5.41) is 6.32. The second-order valence-corrected chi connectivity index (χ2v) is 7.30. The maximum Gasteiger partial charge on any atom is 0.254 e. The predicted octanol–water partition coefficient (Wildman–Crippen LogP) is 2.55. The van der Waals surface area contributed by atoms with E-state index in [1.165, 1.54) is 0 Å². The van der Waals surface area contributed by atoms with E-state index in [2.05, 4.69) is 17.6 Å². The van der Waals surface area contributed by atoms with Gasteiger partial charge in [-0.05, 0) is 62.0 Å². The van der Waals surface area contributed by atoms with E-state index in [9.17, 15) is 9.59 Å². The molecule has 2 N–H and O–H groups in total. The van der Waals surface area contributed by atoms with Crippen LogP contribution < -0.4 is 10.6 Å². The highest BCUT2D eigenvalue weighted by atomic mass is 35.5. The lowest BCUT2D eigenvalue weighted by molar-refractivity contribution is -0.117. The molecule has 1 aromatic carbocycles.